The summed E-state index contributed by atoms with van der Waals surface area (Å²) in [5.41, 5.74) is 40.5. The summed E-state index contributed by atoms with van der Waals surface area (Å²) in [7, 11) is 0. The molecule has 0 aliphatic carbocycles. The third kappa shape index (κ3) is 27.2. The zero-order valence-corrected chi connectivity index (χ0v) is 54.8. The number of unbranched alkanes of at least 4 members (excludes halogenated alkanes) is 1. The molecule has 0 spiro atoms. The standard InChI is InChI=1S/C63H94N18O13S/c1-37(2)33-45(57(89)74-41(53(68)85)27-32-95-3)73-52(84)36-72-54(86)46(34-38-15-6-4-7-16-38)78-58(90)47(35-39-17-8-5-9-18-39)79-56(88)42(23-25-50(66)82)75-55(87)43(24-26-51(67)83)76-59(91)49-22-14-31-81(49)62(94)44(20-10-11-28-64)77-60(92)48-21-13-30-80(48)61(93)40(65)19-12-29-71-63(69)70/h4-9,13-18,21-22,37,40-49H,10-12,19-20,23-36,64-65H2,1-3H3,(H2,66,82)(H2,67,83)(H2,68,85)(H,72,86)(H,73,84)(H,74,89)(H,75,87)(H,76,91)(H,77,92)(H,78,90)(H,79,88)(H4,69,70,71). The first-order valence-electron chi connectivity index (χ1n) is 31.5. The second kappa shape index (κ2) is 40.6. The van der Waals surface area contributed by atoms with E-state index in [1.165, 1.54) is 34.9 Å². The van der Waals surface area contributed by atoms with Gasteiger partial charge in [-0.1, -0.05) is 98.8 Å². The molecular weight excluding hydrogens is 1250 g/mol. The largest absolute Gasteiger partial charge is 0.370 e. The molecule has 2 aliphatic heterocycles. The van der Waals surface area contributed by atoms with E-state index < -0.39 is 169 Å². The molecule has 0 radical (unpaired) electrons. The Bertz CT molecular complexity index is 3060. The molecule has 0 fully saturated rings. The first-order chi connectivity index (χ1) is 45.2. The molecule has 520 valence electrons. The number of thioether (sulfide) groups is 1. The fraction of sp³-hybridized carbons (Fsp3) is 0.524. The van der Waals surface area contributed by atoms with Crippen molar-refractivity contribution in [1.82, 2.24) is 52.3 Å². The lowest BCUT2D eigenvalue weighted by atomic mass is 10.0. The number of aliphatic imine (C=N–C) groups is 1. The Kier molecular flexibility index (Phi) is 33.4. The second-order valence-electron chi connectivity index (χ2n) is 23.5. The predicted octanol–water partition coefficient (Wildman–Crippen LogP) is -4.16. The molecule has 22 N–H and O–H groups in total. The number of primary amides is 3. The van der Waals surface area contributed by atoms with E-state index in [2.05, 4.69) is 47.5 Å². The molecule has 0 saturated heterocycles. The number of hydrogen-bond donors (Lipinski definition) is 15. The van der Waals surface area contributed by atoms with Crippen LogP contribution in [0, 0.1) is 5.92 Å². The smallest absolute Gasteiger partial charge is 0.247 e. The van der Waals surface area contributed by atoms with E-state index in [0.717, 1.165) is 4.90 Å². The number of benzene rings is 2. The van der Waals surface area contributed by atoms with Gasteiger partial charge in [0.1, 0.15) is 54.4 Å². The van der Waals surface area contributed by atoms with E-state index in [0.29, 0.717) is 36.1 Å². The molecule has 4 rings (SSSR count). The number of carbonyl (C=O) groups is 13. The molecule has 2 aromatic carbocycles. The van der Waals surface area contributed by atoms with Crippen LogP contribution in [0.25, 0.3) is 0 Å². The van der Waals surface area contributed by atoms with Gasteiger partial charge in [-0.25, -0.2) is 0 Å². The van der Waals surface area contributed by atoms with Crippen LogP contribution in [0.2, 0.25) is 0 Å². The molecule has 2 heterocycles. The molecule has 0 bridgehead atoms. The summed E-state index contributed by atoms with van der Waals surface area (Å²) >= 11 is 1.45. The van der Waals surface area contributed by atoms with E-state index in [1.54, 1.807) is 66.7 Å². The van der Waals surface area contributed by atoms with Gasteiger partial charge in [-0.3, -0.25) is 67.3 Å². The summed E-state index contributed by atoms with van der Waals surface area (Å²) < 4.78 is 0. The van der Waals surface area contributed by atoms with Gasteiger partial charge in [0.05, 0.1) is 12.6 Å². The Labute approximate surface area is 556 Å². The molecule has 10 atom stereocenters. The molecular formula is C63H94N18O13S. The normalized spacial score (nSPS) is 16.5. The summed E-state index contributed by atoms with van der Waals surface area (Å²) in [6.45, 7) is 3.42. The highest BCUT2D eigenvalue weighted by Gasteiger charge is 2.40. The van der Waals surface area contributed by atoms with Gasteiger partial charge in [-0.15, -0.1) is 0 Å². The average molecular weight is 1340 g/mol. The summed E-state index contributed by atoms with van der Waals surface area (Å²) in [6.07, 6.45) is 7.61. The average Bonchev–Trinajstić information content (AvgIpc) is 1.74. The van der Waals surface area contributed by atoms with Crippen LogP contribution in [-0.4, -0.2) is 198 Å². The van der Waals surface area contributed by atoms with Gasteiger partial charge in [-0.2, -0.15) is 11.8 Å². The van der Waals surface area contributed by atoms with E-state index in [9.17, 15) is 62.3 Å². The molecule has 0 saturated carbocycles. The first kappa shape index (κ1) is 78.0. The lowest BCUT2D eigenvalue weighted by Gasteiger charge is -2.32. The minimum Gasteiger partial charge on any atom is -0.370 e. The number of nitrogens with zero attached hydrogens (tertiary/aromatic N) is 3. The summed E-state index contributed by atoms with van der Waals surface area (Å²) in [4.78, 5) is 184. The van der Waals surface area contributed by atoms with Crippen molar-refractivity contribution >= 4 is 94.5 Å². The van der Waals surface area contributed by atoms with Crippen LogP contribution in [0.1, 0.15) is 95.6 Å². The third-order valence-electron chi connectivity index (χ3n) is 15.4. The van der Waals surface area contributed by atoms with Crippen molar-refractivity contribution in [2.75, 3.05) is 44.7 Å². The Morgan fingerprint density at radius 3 is 1.51 bits per heavy atom. The SMILES string of the molecule is CSCCC(NC(=O)C(CC(C)C)NC(=O)CNC(=O)C(Cc1ccccc1)NC(=O)C(Cc1ccccc1)NC(=O)C(CCC(N)=O)NC(=O)C(CCC(N)=O)NC(=O)C1C=CCN1C(=O)C(CCCCN)NC(=O)C1C=CCN1C(=O)C(N)CCCN=C(N)N)C(N)=O. The second-order valence-corrected chi connectivity index (χ2v) is 24.5. The van der Waals surface area contributed by atoms with Crippen molar-refractivity contribution in [2.24, 2.45) is 51.0 Å². The Morgan fingerprint density at radius 2 is 1.01 bits per heavy atom. The molecule has 31 nitrogen and oxygen atoms in total. The van der Waals surface area contributed by atoms with Gasteiger partial charge in [0, 0.05) is 45.3 Å². The van der Waals surface area contributed by atoms with Crippen molar-refractivity contribution in [2.45, 2.75) is 158 Å². The molecule has 32 heteroatoms. The molecule has 13 amide bonds. The Balaban J connectivity index is 1.57. The number of carbonyl (C=O) groups excluding carboxylic acids is 13. The summed E-state index contributed by atoms with van der Waals surface area (Å²) in [5.74, 6) is -10.3. The Morgan fingerprint density at radius 1 is 0.537 bits per heavy atom. The molecule has 95 heavy (non-hydrogen) atoms. The van der Waals surface area contributed by atoms with Crippen molar-refractivity contribution in [3.8, 4) is 0 Å². The maximum absolute atomic E-state index is 14.7. The van der Waals surface area contributed by atoms with Crippen LogP contribution >= 0.6 is 11.8 Å². The zero-order valence-electron chi connectivity index (χ0n) is 54.0. The minimum atomic E-state index is -1.66. The van der Waals surface area contributed by atoms with Gasteiger partial charge in [-0.05, 0) is 93.4 Å². The fourth-order valence-corrected chi connectivity index (χ4v) is 10.8. The lowest BCUT2D eigenvalue weighted by Crippen LogP contribution is -2.60. The summed E-state index contributed by atoms with van der Waals surface area (Å²) in [6, 6.07) is 3.86. The van der Waals surface area contributed by atoms with E-state index >= 15 is 0 Å². The van der Waals surface area contributed by atoms with Crippen LogP contribution in [0.4, 0.5) is 0 Å². The number of nitrogens with one attached hydrogen (secondary N) is 8. The minimum absolute atomic E-state index is 0.0630. The highest BCUT2D eigenvalue weighted by molar-refractivity contribution is 7.98. The van der Waals surface area contributed by atoms with Gasteiger partial charge in [0.15, 0.2) is 5.96 Å². The van der Waals surface area contributed by atoms with E-state index in [-0.39, 0.29) is 76.6 Å². The number of hydrogen-bond acceptors (Lipinski definition) is 17. The van der Waals surface area contributed by atoms with Crippen molar-refractivity contribution in [1.29, 1.82) is 0 Å². The molecule has 2 aliphatic rings. The molecule has 2 aromatic rings. The fourth-order valence-electron chi connectivity index (χ4n) is 10.4. The van der Waals surface area contributed by atoms with Crippen molar-refractivity contribution < 1.29 is 62.3 Å². The highest BCUT2D eigenvalue weighted by atomic mass is 32.2. The van der Waals surface area contributed by atoms with Crippen LogP contribution in [0.15, 0.2) is 90.0 Å². The predicted molar refractivity (Wildman–Crippen MR) is 355 cm³/mol. The topological polar surface area (TPSA) is 519 Å². The third-order valence-corrected chi connectivity index (χ3v) is 16.0. The van der Waals surface area contributed by atoms with Crippen LogP contribution in [0.3, 0.4) is 0 Å². The van der Waals surface area contributed by atoms with E-state index in [4.69, 9.17) is 40.1 Å². The molecule has 10 unspecified atom stereocenters. The number of nitrogens with two attached hydrogens (primary N) is 7. The number of guanidine groups is 1. The number of rotatable bonds is 42. The van der Waals surface area contributed by atoms with Gasteiger partial charge < -0.3 is 92.5 Å². The monoisotopic (exact) mass is 1340 g/mol. The van der Waals surface area contributed by atoms with Crippen LogP contribution in [-0.2, 0) is 75.2 Å². The van der Waals surface area contributed by atoms with Gasteiger partial charge in [0.2, 0.25) is 76.8 Å². The zero-order chi connectivity index (χ0) is 70.1. The van der Waals surface area contributed by atoms with Crippen molar-refractivity contribution in [3.05, 3.63) is 96.1 Å². The molecule has 0 aromatic heterocycles. The quantitative estimate of drug-likeness (QED) is 0.0130. The van der Waals surface area contributed by atoms with Gasteiger partial charge >= 0.3 is 0 Å². The number of amides is 13. The van der Waals surface area contributed by atoms with Crippen LogP contribution in [0.5, 0.6) is 0 Å². The van der Waals surface area contributed by atoms with Crippen LogP contribution < -0.4 is 82.7 Å². The maximum Gasteiger partial charge on any atom is 0.247 e. The Hall–Kier alpha value is -9.43. The van der Waals surface area contributed by atoms with E-state index in [1.807, 2.05) is 20.1 Å². The first-order valence-corrected chi connectivity index (χ1v) is 32.9. The summed E-state index contributed by atoms with van der Waals surface area (Å²) in [5, 5.41) is 20.9. The highest BCUT2D eigenvalue weighted by Crippen LogP contribution is 2.19. The van der Waals surface area contributed by atoms with Gasteiger partial charge in [0.25, 0.3) is 0 Å². The lowest BCUT2D eigenvalue weighted by molar-refractivity contribution is -0.143. The maximum atomic E-state index is 14.7. The van der Waals surface area contributed by atoms with Crippen molar-refractivity contribution in [3.63, 3.8) is 0 Å².